The Morgan fingerprint density at radius 3 is 2.56 bits per heavy atom. The molecule has 1 aromatic rings. The lowest BCUT2D eigenvalue weighted by Gasteiger charge is -2.08. The summed E-state index contributed by atoms with van der Waals surface area (Å²) < 4.78 is 21.4. The lowest BCUT2D eigenvalue weighted by Crippen LogP contribution is -2.27. The van der Waals surface area contributed by atoms with Gasteiger partial charge in [-0.05, 0) is 25.0 Å². The van der Waals surface area contributed by atoms with Crippen LogP contribution in [0.1, 0.15) is 16.7 Å². The fourth-order valence-corrected chi connectivity index (χ4v) is 1.91. The zero-order valence-electron chi connectivity index (χ0n) is 9.66. The number of hydrogen-bond donors (Lipinski definition) is 2. The van der Waals surface area contributed by atoms with Crippen molar-refractivity contribution in [1.29, 1.82) is 0 Å². The number of sulfonamides is 1. The normalized spacial score (nSPS) is 11.7. The van der Waals surface area contributed by atoms with E-state index >= 15 is 0 Å². The van der Waals surface area contributed by atoms with Crippen molar-refractivity contribution in [1.82, 2.24) is 5.32 Å². The number of primary sulfonamides is 1. The molecular weight excluding hydrogens is 224 g/mol. The van der Waals surface area contributed by atoms with Crippen LogP contribution in [0, 0.1) is 13.8 Å². The molecule has 0 saturated heterocycles. The van der Waals surface area contributed by atoms with Gasteiger partial charge in [0.25, 0.3) is 0 Å². The molecular formula is C11H18N2O2S. The van der Waals surface area contributed by atoms with Crippen molar-refractivity contribution in [2.24, 2.45) is 5.14 Å². The minimum absolute atomic E-state index is 0.0299. The molecule has 4 nitrogen and oxygen atoms in total. The predicted molar refractivity (Wildman–Crippen MR) is 65.6 cm³/mol. The Kier molecular flexibility index (Phi) is 4.46. The van der Waals surface area contributed by atoms with E-state index in [2.05, 4.69) is 17.4 Å². The molecule has 0 heterocycles. The van der Waals surface area contributed by atoms with Gasteiger partial charge in [-0.3, -0.25) is 0 Å². The largest absolute Gasteiger partial charge is 0.312 e. The highest BCUT2D eigenvalue weighted by Crippen LogP contribution is 2.09. The summed E-state index contributed by atoms with van der Waals surface area (Å²) in [5.74, 6) is -0.0299. The molecule has 0 amide bonds. The van der Waals surface area contributed by atoms with Crippen LogP contribution in [-0.2, 0) is 16.6 Å². The summed E-state index contributed by atoms with van der Waals surface area (Å²) in [5, 5.41) is 7.96. The summed E-state index contributed by atoms with van der Waals surface area (Å²) in [6.45, 7) is 5.14. The van der Waals surface area contributed by atoms with Gasteiger partial charge in [0, 0.05) is 13.1 Å². The Morgan fingerprint density at radius 1 is 1.31 bits per heavy atom. The zero-order valence-corrected chi connectivity index (χ0v) is 10.5. The number of aryl methyl sites for hydroxylation is 2. The summed E-state index contributed by atoms with van der Waals surface area (Å²) in [5.41, 5.74) is 3.62. The van der Waals surface area contributed by atoms with Crippen LogP contribution >= 0.6 is 0 Å². The van der Waals surface area contributed by atoms with E-state index in [9.17, 15) is 8.42 Å². The minimum Gasteiger partial charge on any atom is -0.312 e. The van der Waals surface area contributed by atoms with Crippen molar-refractivity contribution in [3.05, 3.63) is 34.9 Å². The molecule has 0 aliphatic rings. The molecule has 90 valence electrons. The summed E-state index contributed by atoms with van der Waals surface area (Å²) in [6, 6.07) is 6.20. The van der Waals surface area contributed by atoms with E-state index in [1.807, 2.05) is 19.9 Å². The predicted octanol–water partition coefficient (Wildman–Crippen LogP) is 0.682. The van der Waals surface area contributed by atoms with Crippen molar-refractivity contribution in [2.75, 3.05) is 12.3 Å². The van der Waals surface area contributed by atoms with E-state index < -0.39 is 10.0 Å². The molecule has 0 atom stereocenters. The number of hydrogen-bond acceptors (Lipinski definition) is 3. The average molecular weight is 242 g/mol. The number of nitrogens with two attached hydrogens (primary N) is 1. The maximum absolute atomic E-state index is 10.7. The topological polar surface area (TPSA) is 72.2 Å². The number of rotatable bonds is 5. The van der Waals surface area contributed by atoms with Crippen LogP contribution in [0.15, 0.2) is 18.2 Å². The van der Waals surface area contributed by atoms with E-state index in [-0.39, 0.29) is 5.75 Å². The summed E-state index contributed by atoms with van der Waals surface area (Å²) in [7, 11) is -3.36. The Bertz CT molecular complexity index is 455. The summed E-state index contributed by atoms with van der Waals surface area (Å²) >= 11 is 0. The Balaban J connectivity index is 2.43. The van der Waals surface area contributed by atoms with Crippen molar-refractivity contribution in [3.8, 4) is 0 Å². The van der Waals surface area contributed by atoms with Gasteiger partial charge in [-0.2, -0.15) is 0 Å². The molecule has 0 aliphatic heterocycles. The highest BCUT2D eigenvalue weighted by atomic mass is 32.2. The molecule has 5 heteroatoms. The lowest BCUT2D eigenvalue weighted by molar-refractivity contribution is 0.592. The van der Waals surface area contributed by atoms with Crippen molar-refractivity contribution >= 4 is 10.0 Å². The molecule has 0 unspecified atom stereocenters. The molecule has 1 rings (SSSR count). The second-order valence-electron chi connectivity index (χ2n) is 3.97. The average Bonchev–Trinajstić information content (AvgIpc) is 2.13. The van der Waals surface area contributed by atoms with E-state index in [0.29, 0.717) is 13.1 Å². The van der Waals surface area contributed by atoms with E-state index in [1.165, 1.54) is 16.7 Å². The van der Waals surface area contributed by atoms with Gasteiger partial charge in [0.2, 0.25) is 10.0 Å². The summed E-state index contributed by atoms with van der Waals surface area (Å²) in [4.78, 5) is 0. The fourth-order valence-electron chi connectivity index (χ4n) is 1.48. The highest BCUT2D eigenvalue weighted by molar-refractivity contribution is 7.89. The van der Waals surface area contributed by atoms with Crippen molar-refractivity contribution < 1.29 is 8.42 Å². The standard InChI is InChI=1S/C11H18N2O2S/c1-9-3-4-11(10(2)7-9)8-13-5-6-16(12,14)15/h3-4,7,13H,5-6,8H2,1-2H3,(H2,12,14,15). The maximum Gasteiger partial charge on any atom is 0.210 e. The quantitative estimate of drug-likeness (QED) is 0.746. The SMILES string of the molecule is Cc1ccc(CNCCS(N)(=O)=O)c(C)c1. The molecule has 0 aliphatic carbocycles. The van der Waals surface area contributed by atoms with Gasteiger partial charge < -0.3 is 5.32 Å². The van der Waals surface area contributed by atoms with Gasteiger partial charge in [-0.1, -0.05) is 23.8 Å². The highest BCUT2D eigenvalue weighted by Gasteiger charge is 2.02. The van der Waals surface area contributed by atoms with Crippen LogP contribution < -0.4 is 10.5 Å². The molecule has 0 radical (unpaired) electrons. The first-order valence-corrected chi connectivity index (χ1v) is 6.87. The van der Waals surface area contributed by atoms with Crippen LogP contribution in [0.25, 0.3) is 0 Å². The van der Waals surface area contributed by atoms with Gasteiger partial charge in [-0.25, -0.2) is 13.6 Å². The smallest absolute Gasteiger partial charge is 0.210 e. The van der Waals surface area contributed by atoms with E-state index in [1.54, 1.807) is 0 Å². The van der Waals surface area contributed by atoms with Crippen LogP contribution in [0.4, 0.5) is 0 Å². The molecule has 1 aromatic carbocycles. The van der Waals surface area contributed by atoms with Gasteiger partial charge in [0.1, 0.15) is 0 Å². The zero-order chi connectivity index (χ0) is 12.2. The van der Waals surface area contributed by atoms with Gasteiger partial charge in [0.15, 0.2) is 0 Å². The summed E-state index contributed by atoms with van der Waals surface area (Å²) in [6.07, 6.45) is 0. The van der Waals surface area contributed by atoms with Gasteiger partial charge in [0.05, 0.1) is 5.75 Å². The third-order valence-corrected chi connectivity index (χ3v) is 3.15. The fraction of sp³-hybridized carbons (Fsp3) is 0.455. The van der Waals surface area contributed by atoms with E-state index in [4.69, 9.17) is 5.14 Å². The van der Waals surface area contributed by atoms with Gasteiger partial charge >= 0.3 is 0 Å². The molecule has 0 spiro atoms. The monoisotopic (exact) mass is 242 g/mol. The van der Waals surface area contributed by atoms with Crippen molar-refractivity contribution in [2.45, 2.75) is 20.4 Å². The van der Waals surface area contributed by atoms with Crippen LogP contribution in [0.5, 0.6) is 0 Å². The van der Waals surface area contributed by atoms with Crippen LogP contribution in [0.2, 0.25) is 0 Å². The second-order valence-corrected chi connectivity index (χ2v) is 5.71. The first-order chi connectivity index (χ1) is 7.38. The lowest BCUT2D eigenvalue weighted by atomic mass is 10.1. The number of nitrogens with one attached hydrogen (secondary N) is 1. The molecule has 16 heavy (non-hydrogen) atoms. The Labute approximate surface area is 96.9 Å². The second kappa shape index (κ2) is 5.43. The molecule has 0 saturated carbocycles. The van der Waals surface area contributed by atoms with Gasteiger partial charge in [-0.15, -0.1) is 0 Å². The maximum atomic E-state index is 10.7. The first kappa shape index (κ1) is 13.2. The Morgan fingerprint density at radius 2 is 2.00 bits per heavy atom. The first-order valence-electron chi connectivity index (χ1n) is 5.16. The number of benzene rings is 1. The van der Waals surface area contributed by atoms with Crippen LogP contribution in [-0.4, -0.2) is 20.7 Å². The van der Waals surface area contributed by atoms with E-state index in [0.717, 1.165) is 0 Å². The molecule has 0 aromatic heterocycles. The third-order valence-electron chi connectivity index (χ3n) is 2.38. The molecule has 0 bridgehead atoms. The Hall–Kier alpha value is -0.910. The minimum atomic E-state index is -3.36. The van der Waals surface area contributed by atoms with Crippen molar-refractivity contribution in [3.63, 3.8) is 0 Å². The third kappa shape index (κ3) is 4.74. The van der Waals surface area contributed by atoms with Crippen LogP contribution in [0.3, 0.4) is 0 Å². The molecule has 3 N–H and O–H groups in total. The molecule has 0 fully saturated rings.